The lowest BCUT2D eigenvalue weighted by Gasteiger charge is -2.40. The van der Waals surface area contributed by atoms with Crippen molar-refractivity contribution in [2.75, 3.05) is 24.7 Å². The molecule has 4 rings (SSSR count). The molecule has 206 valence electrons. The first-order valence-electron chi connectivity index (χ1n) is 13.2. The zero-order chi connectivity index (χ0) is 27.8. The Bertz CT molecular complexity index is 1120. The number of nitrogens with zero attached hydrogens (tertiary/aromatic N) is 2. The third-order valence-electron chi connectivity index (χ3n) is 8.30. The third kappa shape index (κ3) is 4.36. The van der Waals surface area contributed by atoms with E-state index in [9.17, 15) is 19.5 Å². The quantitative estimate of drug-likeness (QED) is 0.259. The molecule has 8 nitrogen and oxygen atoms in total. The highest BCUT2D eigenvalue weighted by Gasteiger charge is 2.79. The molecule has 6 atom stereocenters. The molecule has 0 radical (unpaired) electrons. The van der Waals surface area contributed by atoms with Gasteiger partial charge in [0.05, 0.1) is 41.5 Å². The lowest BCUT2D eigenvalue weighted by atomic mass is 9.66. The van der Waals surface area contributed by atoms with Crippen molar-refractivity contribution in [1.82, 2.24) is 4.90 Å². The Morgan fingerprint density at radius 1 is 1.29 bits per heavy atom. The summed E-state index contributed by atoms with van der Waals surface area (Å²) < 4.78 is 12.2. The molecule has 0 saturated carbocycles. The largest absolute Gasteiger partial charge is 0.465 e. The number of carbonyl (C=O) groups is 3. The van der Waals surface area contributed by atoms with Crippen LogP contribution in [0.3, 0.4) is 0 Å². The predicted octanol–water partition coefficient (Wildman–Crippen LogP) is 3.76. The van der Waals surface area contributed by atoms with Crippen LogP contribution in [0.5, 0.6) is 0 Å². The van der Waals surface area contributed by atoms with Gasteiger partial charge in [-0.1, -0.05) is 49.7 Å². The van der Waals surface area contributed by atoms with E-state index in [0.29, 0.717) is 30.0 Å². The lowest BCUT2D eigenvalue weighted by Crippen LogP contribution is -2.60. The standard InChI is InChI=1S/C29H37ClN2O6/c1-6-8-16-37-27(36)23-22-25(34)32(21(17-33)18(3)4)24(29(22)14-13-28(23,5)38-29)26(35)31(15-7-2)20-12-10-9-11-19(20)30/h6-7,9-12,18,21-24,33H,1-2,8,13-17H2,3-5H3/t21-,22-,23+,24?,28-,29?/m0/s1. The number of likely N-dealkylation sites (tertiary alicyclic amines) is 1. The van der Waals surface area contributed by atoms with Crippen LogP contribution in [0.25, 0.3) is 0 Å². The molecule has 1 spiro atoms. The Balaban J connectivity index is 1.84. The van der Waals surface area contributed by atoms with E-state index in [1.807, 2.05) is 20.8 Å². The van der Waals surface area contributed by atoms with Gasteiger partial charge in [0.2, 0.25) is 5.91 Å². The summed E-state index contributed by atoms with van der Waals surface area (Å²) in [6.45, 7) is 13.0. The van der Waals surface area contributed by atoms with Crippen LogP contribution in [0, 0.1) is 17.8 Å². The minimum Gasteiger partial charge on any atom is -0.465 e. The van der Waals surface area contributed by atoms with Gasteiger partial charge in [-0.25, -0.2) is 0 Å². The maximum absolute atomic E-state index is 14.5. The number of esters is 1. The molecule has 1 N–H and O–H groups in total. The van der Waals surface area contributed by atoms with E-state index in [4.69, 9.17) is 21.1 Å². The Morgan fingerprint density at radius 3 is 2.61 bits per heavy atom. The summed E-state index contributed by atoms with van der Waals surface area (Å²) in [6.07, 6.45) is 4.65. The van der Waals surface area contributed by atoms with Crippen molar-refractivity contribution >= 4 is 35.1 Å². The van der Waals surface area contributed by atoms with E-state index in [0.717, 1.165) is 0 Å². The monoisotopic (exact) mass is 544 g/mol. The lowest BCUT2D eigenvalue weighted by molar-refractivity contribution is -0.160. The van der Waals surface area contributed by atoms with Crippen molar-refractivity contribution in [1.29, 1.82) is 0 Å². The molecular formula is C29H37ClN2O6. The molecule has 3 aliphatic heterocycles. The number of carbonyl (C=O) groups excluding carboxylic acids is 3. The topological polar surface area (TPSA) is 96.4 Å². The van der Waals surface area contributed by atoms with Crippen molar-refractivity contribution in [2.45, 2.75) is 63.3 Å². The average Bonchev–Trinajstić information content (AvgIpc) is 3.44. The molecule has 2 amide bonds. The maximum atomic E-state index is 14.5. The third-order valence-corrected chi connectivity index (χ3v) is 8.62. The molecule has 3 aliphatic rings. The van der Waals surface area contributed by atoms with E-state index in [2.05, 4.69) is 13.2 Å². The molecule has 1 aromatic rings. The molecule has 3 heterocycles. The van der Waals surface area contributed by atoms with Crippen molar-refractivity contribution in [3.05, 3.63) is 54.6 Å². The van der Waals surface area contributed by atoms with Crippen LogP contribution in [-0.2, 0) is 23.9 Å². The molecule has 1 aromatic carbocycles. The Hall–Kier alpha value is -2.68. The second kappa shape index (κ2) is 10.8. The van der Waals surface area contributed by atoms with Gasteiger partial charge < -0.3 is 24.4 Å². The minimum atomic E-state index is -1.24. The van der Waals surface area contributed by atoms with Gasteiger partial charge in [0.1, 0.15) is 17.6 Å². The Kier molecular flexibility index (Phi) is 8.07. The van der Waals surface area contributed by atoms with E-state index in [1.165, 1.54) is 9.80 Å². The molecule has 2 unspecified atom stereocenters. The van der Waals surface area contributed by atoms with Crippen LogP contribution < -0.4 is 4.90 Å². The number of anilines is 1. The predicted molar refractivity (Wildman–Crippen MR) is 145 cm³/mol. The van der Waals surface area contributed by atoms with Crippen molar-refractivity contribution < 1.29 is 29.0 Å². The molecule has 2 bridgehead atoms. The van der Waals surface area contributed by atoms with Crippen molar-refractivity contribution in [2.24, 2.45) is 17.8 Å². The van der Waals surface area contributed by atoms with Gasteiger partial charge in [-0.2, -0.15) is 0 Å². The van der Waals surface area contributed by atoms with Crippen LogP contribution in [0.4, 0.5) is 5.69 Å². The Labute approximate surface area is 229 Å². The number of halogens is 1. The van der Waals surface area contributed by atoms with Gasteiger partial charge in [0.25, 0.3) is 5.91 Å². The fraction of sp³-hybridized carbons (Fsp3) is 0.552. The zero-order valence-corrected chi connectivity index (χ0v) is 23.0. The number of hydrogen-bond acceptors (Lipinski definition) is 6. The molecule has 0 aliphatic carbocycles. The van der Waals surface area contributed by atoms with Gasteiger partial charge in [-0.15, -0.1) is 13.2 Å². The summed E-state index contributed by atoms with van der Waals surface area (Å²) in [7, 11) is 0. The second-order valence-corrected chi connectivity index (χ2v) is 11.3. The van der Waals surface area contributed by atoms with Crippen molar-refractivity contribution in [3.63, 3.8) is 0 Å². The first-order valence-corrected chi connectivity index (χ1v) is 13.5. The van der Waals surface area contributed by atoms with E-state index in [1.54, 1.807) is 36.4 Å². The SMILES string of the molecule is C=CCCOC(=O)[C@H]1[C@H]2C(=O)N([C@@H](CO)C(C)C)C(C(=O)N(CC=C)c3ccccc3Cl)C23CC[C@]1(C)O3. The van der Waals surface area contributed by atoms with E-state index < -0.39 is 47.0 Å². The second-order valence-electron chi connectivity index (χ2n) is 10.9. The summed E-state index contributed by atoms with van der Waals surface area (Å²) in [4.78, 5) is 45.1. The number of amides is 2. The number of ether oxygens (including phenoxy) is 2. The molecule has 9 heteroatoms. The van der Waals surface area contributed by atoms with Gasteiger partial charge in [-0.05, 0) is 44.2 Å². The highest BCUT2D eigenvalue weighted by molar-refractivity contribution is 6.34. The fourth-order valence-electron chi connectivity index (χ4n) is 6.57. The Morgan fingerprint density at radius 2 is 2.00 bits per heavy atom. The fourth-order valence-corrected chi connectivity index (χ4v) is 6.80. The van der Waals surface area contributed by atoms with Crippen LogP contribution in [-0.4, -0.2) is 70.8 Å². The molecule has 38 heavy (non-hydrogen) atoms. The number of benzene rings is 1. The highest BCUT2D eigenvalue weighted by Crippen LogP contribution is 2.64. The smallest absolute Gasteiger partial charge is 0.312 e. The number of rotatable bonds is 11. The van der Waals surface area contributed by atoms with Crippen LogP contribution in [0.2, 0.25) is 5.02 Å². The summed E-state index contributed by atoms with van der Waals surface area (Å²) in [5.74, 6) is -3.21. The molecule has 0 aromatic heterocycles. The van der Waals surface area contributed by atoms with E-state index in [-0.39, 0.29) is 31.6 Å². The molecule has 3 fully saturated rings. The molecular weight excluding hydrogens is 508 g/mol. The van der Waals surface area contributed by atoms with Crippen LogP contribution in [0.1, 0.15) is 40.0 Å². The van der Waals surface area contributed by atoms with Gasteiger partial charge >= 0.3 is 5.97 Å². The van der Waals surface area contributed by atoms with Gasteiger partial charge in [0, 0.05) is 6.54 Å². The summed E-state index contributed by atoms with van der Waals surface area (Å²) in [5.41, 5.74) is -1.71. The number of hydrogen-bond donors (Lipinski definition) is 1. The number of aliphatic hydroxyl groups excluding tert-OH is 1. The normalized spacial score (nSPS) is 30.3. The summed E-state index contributed by atoms with van der Waals surface area (Å²) >= 11 is 6.50. The first kappa shape index (κ1) is 28.3. The zero-order valence-electron chi connectivity index (χ0n) is 22.3. The van der Waals surface area contributed by atoms with E-state index >= 15 is 0 Å². The highest BCUT2D eigenvalue weighted by atomic mass is 35.5. The number of fused-ring (bicyclic) bond motifs is 1. The van der Waals surface area contributed by atoms with Crippen LogP contribution >= 0.6 is 11.6 Å². The van der Waals surface area contributed by atoms with Crippen LogP contribution in [0.15, 0.2) is 49.6 Å². The average molecular weight is 545 g/mol. The summed E-state index contributed by atoms with van der Waals surface area (Å²) in [6, 6.07) is 5.26. The number of aliphatic hydroxyl groups is 1. The minimum absolute atomic E-state index is 0.150. The summed E-state index contributed by atoms with van der Waals surface area (Å²) in [5, 5.41) is 10.8. The van der Waals surface area contributed by atoms with Gasteiger partial charge in [-0.3, -0.25) is 14.4 Å². The molecule has 3 saturated heterocycles. The first-order chi connectivity index (χ1) is 18.1. The maximum Gasteiger partial charge on any atom is 0.312 e. The van der Waals surface area contributed by atoms with Crippen molar-refractivity contribution in [3.8, 4) is 0 Å². The number of para-hydroxylation sites is 1. The van der Waals surface area contributed by atoms with Gasteiger partial charge in [0.15, 0.2) is 0 Å².